The Morgan fingerprint density at radius 2 is 2.00 bits per heavy atom. The first-order valence-corrected chi connectivity index (χ1v) is 6.62. The fraction of sp³-hybridized carbons (Fsp3) is 0.600. The average molecular weight is 232 g/mol. The Kier molecular flexibility index (Phi) is 2.62. The maximum Gasteiger partial charge on any atom is 0.125 e. The predicted octanol–water partition coefficient (Wildman–Crippen LogP) is 2.64. The summed E-state index contributed by atoms with van der Waals surface area (Å²) < 4.78 is 5.61. The minimum atomic E-state index is -0.434. The third-order valence-corrected chi connectivity index (χ3v) is 4.11. The van der Waals surface area contributed by atoms with Gasteiger partial charge in [0.1, 0.15) is 5.75 Å². The molecule has 0 aromatic heterocycles. The monoisotopic (exact) mass is 232 g/mol. The highest BCUT2D eigenvalue weighted by Crippen LogP contribution is 2.42. The number of hydrogen-bond acceptors (Lipinski definition) is 2. The Balaban J connectivity index is 1.97. The molecule has 1 saturated carbocycles. The van der Waals surface area contributed by atoms with Crippen LogP contribution in [0.5, 0.6) is 5.75 Å². The second-order valence-electron chi connectivity index (χ2n) is 5.50. The Labute approximate surface area is 103 Å². The van der Waals surface area contributed by atoms with Crippen molar-refractivity contribution in [2.45, 2.75) is 50.5 Å². The lowest BCUT2D eigenvalue weighted by Crippen LogP contribution is -2.14. The third kappa shape index (κ3) is 2.06. The van der Waals surface area contributed by atoms with E-state index in [1.807, 2.05) is 0 Å². The van der Waals surface area contributed by atoms with Crippen LogP contribution in [0.25, 0.3) is 0 Å². The molecule has 92 valence electrons. The Bertz CT molecular complexity index is 433. The summed E-state index contributed by atoms with van der Waals surface area (Å²) in [5.74, 6) is 1.04. The summed E-state index contributed by atoms with van der Waals surface area (Å²) in [6, 6.07) is 4.39. The van der Waals surface area contributed by atoms with Crippen LogP contribution in [-0.4, -0.2) is 17.8 Å². The first-order chi connectivity index (χ1) is 8.22. The fourth-order valence-corrected chi connectivity index (χ4v) is 2.91. The molecular weight excluding hydrogens is 212 g/mol. The number of rotatable bonds is 3. The zero-order valence-electron chi connectivity index (χ0n) is 10.5. The van der Waals surface area contributed by atoms with E-state index in [1.165, 1.54) is 36.0 Å². The van der Waals surface area contributed by atoms with Crippen LogP contribution in [0.15, 0.2) is 12.1 Å². The zero-order valence-corrected chi connectivity index (χ0v) is 10.5. The molecule has 0 atom stereocenters. The minimum Gasteiger partial charge on any atom is -0.496 e. The molecular formula is C15H20O2. The molecule has 2 aliphatic carbocycles. The number of hydrogen-bond donors (Lipinski definition) is 1. The number of fused-ring (bicyclic) bond motifs is 1. The summed E-state index contributed by atoms with van der Waals surface area (Å²) in [5.41, 5.74) is 3.59. The van der Waals surface area contributed by atoms with Crippen molar-refractivity contribution in [2.24, 2.45) is 0 Å². The molecule has 17 heavy (non-hydrogen) atoms. The van der Waals surface area contributed by atoms with Crippen LogP contribution in [0, 0.1) is 0 Å². The second-order valence-corrected chi connectivity index (χ2v) is 5.50. The number of aryl methyl sites for hydroxylation is 1. The lowest BCUT2D eigenvalue weighted by Gasteiger charge is -2.22. The molecule has 2 heteroatoms. The van der Waals surface area contributed by atoms with Crippen molar-refractivity contribution in [3.05, 3.63) is 28.8 Å². The number of benzene rings is 1. The molecule has 1 aromatic rings. The van der Waals surface area contributed by atoms with Gasteiger partial charge in [0.15, 0.2) is 0 Å². The third-order valence-electron chi connectivity index (χ3n) is 4.11. The largest absolute Gasteiger partial charge is 0.496 e. The summed E-state index contributed by atoms with van der Waals surface area (Å²) in [7, 11) is 1.75. The van der Waals surface area contributed by atoms with Crippen LogP contribution in [0.2, 0.25) is 0 Å². The molecule has 2 aliphatic rings. The van der Waals surface area contributed by atoms with Gasteiger partial charge in [-0.3, -0.25) is 0 Å². The van der Waals surface area contributed by atoms with E-state index in [2.05, 4.69) is 12.1 Å². The molecule has 0 heterocycles. The Hall–Kier alpha value is -1.02. The van der Waals surface area contributed by atoms with Crippen molar-refractivity contribution < 1.29 is 9.84 Å². The van der Waals surface area contributed by atoms with E-state index in [0.717, 1.165) is 31.4 Å². The lowest BCUT2D eigenvalue weighted by molar-refractivity contribution is 0.150. The molecule has 0 spiro atoms. The number of aliphatic hydroxyl groups is 1. The van der Waals surface area contributed by atoms with Gasteiger partial charge in [-0.15, -0.1) is 0 Å². The van der Waals surface area contributed by atoms with Gasteiger partial charge in [-0.05, 0) is 55.2 Å². The van der Waals surface area contributed by atoms with Crippen molar-refractivity contribution in [2.75, 3.05) is 7.11 Å². The van der Waals surface area contributed by atoms with Crippen molar-refractivity contribution in [1.29, 1.82) is 0 Å². The minimum absolute atomic E-state index is 0.434. The van der Waals surface area contributed by atoms with Gasteiger partial charge in [-0.2, -0.15) is 0 Å². The molecule has 1 fully saturated rings. The Morgan fingerprint density at radius 1 is 1.24 bits per heavy atom. The topological polar surface area (TPSA) is 29.5 Å². The van der Waals surface area contributed by atoms with E-state index in [-0.39, 0.29) is 0 Å². The van der Waals surface area contributed by atoms with Crippen molar-refractivity contribution in [3.8, 4) is 5.75 Å². The fourth-order valence-electron chi connectivity index (χ4n) is 2.91. The first-order valence-electron chi connectivity index (χ1n) is 6.62. The standard InChI is InChI=1S/C15H20O2/c1-17-14-12(10-15(16)8-9-15)7-6-11-4-2-3-5-13(11)14/h6-7,16H,2-5,8-10H2,1H3. The highest BCUT2D eigenvalue weighted by atomic mass is 16.5. The van der Waals surface area contributed by atoms with Gasteiger partial charge in [0.25, 0.3) is 0 Å². The first kappa shape index (κ1) is 11.1. The van der Waals surface area contributed by atoms with Crippen LogP contribution >= 0.6 is 0 Å². The highest BCUT2D eigenvalue weighted by Gasteiger charge is 2.41. The van der Waals surface area contributed by atoms with Gasteiger partial charge in [-0.1, -0.05) is 12.1 Å². The van der Waals surface area contributed by atoms with Gasteiger partial charge in [0.2, 0.25) is 0 Å². The SMILES string of the molecule is COc1c(CC2(O)CC2)ccc2c1CCCC2. The molecule has 0 unspecified atom stereocenters. The summed E-state index contributed by atoms with van der Waals surface area (Å²) in [6.07, 6.45) is 7.49. The van der Waals surface area contributed by atoms with Gasteiger partial charge in [-0.25, -0.2) is 0 Å². The zero-order chi connectivity index (χ0) is 11.9. The number of ether oxygens (including phenoxy) is 1. The lowest BCUT2D eigenvalue weighted by atomic mass is 9.88. The van der Waals surface area contributed by atoms with Gasteiger partial charge in [0, 0.05) is 6.42 Å². The average Bonchev–Trinajstić information content (AvgIpc) is 3.07. The molecule has 1 N–H and O–H groups in total. The van der Waals surface area contributed by atoms with E-state index in [1.54, 1.807) is 7.11 Å². The van der Waals surface area contributed by atoms with Crippen LogP contribution < -0.4 is 4.74 Å². The molecule has 0 aliphatic heterocycles. The molecule has 2 nitrogen and oxygen atoms in total. The maximum atomic E-state index is 10.1. The molecule has 1 aromatic carbocycles. The summed E-state index contributed by atoms with van der Waals surface area (Å²) in [4.78, 5) is 0. The highest BCUT2D eigenvalue weighted by molar-refractivity contribution is 5.48. The van der Waals surface area contributed by atoms with Gasteiger partial charge < -0.3 is 9.84 Å². The summed E-state index contributed by atoms with van der Waals surface area (Å²) in [5, 5.41) is 10.1. The quantitative estimate of drug-likeness (QED) is 0.868. The second kappa shape index (κ2) is 4.02. The molecule has 0 amide bonds. The van der Waals surface area contributed by atoms with Crippen molar-refractivity contribution in [1.82, 2.24) is 0 Å². The van der Waals surface area contributed by atoms with Crippen molar-refractivity contribution in [3.63, 3.8) is 0 Å². The number of methoxy groups -OCH3 is 1. The normalized spacial score (nSPS) is 20.8. The van der Waals surface area contributed by atoms with Crippen LogP contribution in [0.3, 0.4) is 0 Å². The van der Waals surface area contributed by atoms with Crippen LogP contribution in [-0.2, 0) is 19.3 Å². The van der Waals surface area contributed by atoms with Crippen molar-refractivity contribution >= 4 is 0 Å². The smallest absolute Gasteiger partial charge is 0.125 e. The van der Waals surface area contributed by atoms with E-state index in [9.17, 15) is 5.11 Å². The summed E-state index contributed by atoms with van der Waals surface area (Å²) in [6.45, 7) is 0. The van der Waals surface area contributed by atoms with Crippen LogP contribution in [0.1, 0.15) is 42.4 Å². The van der Waals surface area contributed by atoms with Crippen LogP contribution in [0.4, 0.5) is 0 Å². The van der Waals surface area contributed by atoms with E-state index < -0.39 is 5.60 Å². The molecule has 0 saturated heterocycles. The predicted molar refractivity (Wildman–Crippen MR) is 67.5 cm³/mol. The van der Waals surface area contributed by atoms with Gasteiger partial charge >= 0.3 is 0 Å². The van der Waals surface area contributed by atoms with E-state index in [4.69, 9.17) is 4.74 Å². The summed E-state index contributed by atoms with van der Waals surface area (Å²) >= 11 is 0. The van der Waals surface area contributed by atoms with E-state index in [0.29, 0.717) is 0 Å². The molecule has 3 rings (SSSR count). The Morgan fingerprint density at radius 3 is 2.71 bits per heavy atom. The van der Waals surface area contributed by atoms with Gasteiger partial charge in [0.05, 0.1) is 12.7 Å². The molecule has 0 bridgehead atoms. The van der Waals surface area contributed by atoms with E-state index >= 15 is 0 Å². The molecule has 0 radical (unpaired) electrons. The maximum absolute atomic E-state index is 10.1.